The van der Waals surface area contributed by atoms with Crippen molar-refractivity contribution in [1.29, 1.82) is 0 Å². The number of hydrogen-bond acceptors (Lipinski definition) is 3. The molecule has 0 fully saturated rings. The summed E-state index contributed by atoms with van der Waals surface area (Å²) in [6.07, 6.45) is 1.18. The fourth-order valence-corrected chi connectivity index (χ4v) is 3.62. The number of carbonyl (C=O) groups excluding carboxylic acids is 1. The van der Waals surface area contributed by atoms with Gasteiger partial charge in [0.1, 0.15) is 0 Å². The zero-order valence-corrected chi connectivity index (χ0v) is 14.2. The largest absolute Gasteiger partial charge is 0.373 e. The summed E-state index contributed by atoms with van der Waals surface area (Å²) < 4.78 is 0. The zero-order chi connectivity index (χ0) is 15.2. The summed E-state index contributed by atoms with van der Waals surface area (Å²) in [5.74, 6) is 2.67. The molecule has 1 amide bonds. The minimum absolute atomic E-state index is 0.272. The molecule has 3 nitrogen and oxygen atoms in total. The SMILES string of the molecule is CC(C)CCSCC(=O)N1CCN(C)c2ccccc2C1. The molecule has 1 heterocycles. The monoisotopic (exact) mass is 306 g/mol. The first kappa shape index (κ1) is 16.2. The van der Waals surface area contributed by atoms with Crippen molar-refractivity contribution in [3.8, 4) is 0 Å². The minimum Gasteiger partial charge on any atom is -0.373 e. The molecule has 1 aromatic carbocycles. The molecule has 21 heavy (non-hydrogen) atoms. The van der Waals surface area contributed by atoms with E-state index in [1.165, 1.54) is 17.7 Å². The van der Waals surface area contributed by atoms with Crippen LogP contribution in [0.15, 0.2) is 24.3 Å². The highest BCUT2D eigenvalue weighted by Crippen LogP contribution is 2.24. The van der Waals surface area contributed by atoms with Crippen LogP contribution in [-0.4, -0.2) is 42.4 Å². The van der Waals surface area contributed by atoms with Gasteiger partial charge in [-0.15, -0.1) is 0 Å². The predicted molar refractivity (Wildman–Crippen MR) is 91.9 cm³/mol. The van der Waals surface area contributed by atoms with Crippen LogP contribution in [0.2, 0.25) is 0 Å². The minimum atomic E-state index is 0.272. The smallest absolute Gasteiger partial charge is 0.232 e. The maximum atomic E-state index is 12.4. The van der Waals surface area contributed by atoms with Crippen LogP contribution in [0.25, 0.3) is 0 Å². The second-order valence-corrected chi connectivity index (χ2v) is 7.21. The highest BCUT2D eigenvalue weighted by Gasteiger charge is 2.20. The molecule has 0 atom stereocenters. The number of anilines is 1. The van der Waals surface area contributed by atoms with E-state index in [1.54, 1.807) is 11.8 Å². The fourth-order valence-electron chi connectivity index (χ4n) is 2.48. The van der Waals surface area contributed by atoms with E-state index in [-0.39, 0.29) is 5.91 Å². The number of para-hydroxylation sites is 1. The number of fused-ring (bicyclic) bond motifs is 1. The lowest BCUT2D eigenvalue weighted by Crippen LogP contribution is -2.35. The summed E-state index contributed by atoms with van der Waals surface area (Å²) in [6.45, 7) is 6.91. The Labute approximate surface area is 132 Å². The molecule has 0 unspecified atom stereocenters. The van der Waals surface area contributed by atoms with Crippen LogP contribution in [-0.2, 0) is 11.3 Å². The van der Waals surface area contributed by atoms with Crippen LogP contribution >= 0.6 is 11.8 Å². The molecule has 0 saturated carbocycles. The van der Waals surface area contributed by atoms with Gasteiger partial charge >= 0.3 is 0 Å². The van der Waals surface area contributed by atoms with Crippen molar-refractivity contribution in [2.45, 2.75) is 26.8 Å². The average molecular weight is 306 g/mol. The van der Waals surface area contributed by atoms with Gasteiger partial charge in [0.2, 0.25) is 5.91 Å². The van der Waals surface area contributed by atoms with Crippen molar-refractivity contribution < 1.29 is 4.79 Å². The first-order valence-electron chi connectivity index (χ1n) is 7.72. The van der Waals surface area contributed by atoms with Gasteiger partial charge in [0.15, 0.2) is 0 Å². The lowest BCUT2D eigenvalue weighted by molar-refractivity contribution is -0.128. The maximum Gasteiger partial charge on any atom is 0.232 e. The summed E-state index contributed by atoms with van der Waals surface area (Å²) >= 11 is 1.77. The Morgan fingerprint density at radius 1 is 1.29 bits per heavy atom. The van der Waals surface area contributed by atoms with Crippen LogP contribution < -0.4 is 4.90 Å². The van der Waals surface area contributed by atoms with Crippen LogP contribution in [0.1, 0.15) is 25.8 Å². The fraction of sp³-hybridized carbons (Fsp3) is 0.588. The second-order valence-electron chi connectivity index (χ2n) is 6.10. The van der Waals surface area contributed by atoms with E-state index in [1.807, 2.05) is 4.90 Å². The van der Waals surface area contributed by atoms with Gasteiger partial charge in [-0.1, -0.05) is 32.0 Å². The molecule has 0 N–H and O–H groups in total. The molecule has 1 aliphatic heterocycles. The van der Waals surface area contributed by atoms with Gasteiger partial charge < -0.3 is 9.80 Å². The van der Waals surface area contributed by atoms with Gasteiger partial charge in [-0.05, 0) is 29.7 Å². The second kappa shape index (κ2) is 7.74. The molecular formula is C17H26N2OS. The van der Waals surface area contributed by atoms with Crippen LogP contribution in [0.4, 0.5) is 5.69 Å². The Balaban J connectivity index is 1.91. The molecule has 0 spiro atoms. The molecule has 116 valence electrons. The molecular weight excluding hydrogens is 280 g/mol. The highest BCUT2D eigenvalue weighted by molar-refractivity contribution is 7.99. The summed E-state index contributed by atoms with van der Waals surface area (Å²) in [7, 11) is 2.10. The normalized spacial score (nSPS) is 15.0. The van der Waals surface area contributed by atoms with E-state index >= 15 is 0 Å². The van der Waals surface area contributed by atoms with E-state index in [4.69, 9.17) is 0 Å². The molecule has 1 aliphatic rings. The van der Waals surface area contributed by atoms with Crippen molar-refractivity contribution in [2.24, 2.45) is 5.92 Å². The molecule has 2 rings (SSSR count). The molecule has 4 heteroatoms. The molecule has 1 aromatic rings. The number of hydrogen-bond donors (Lipinski definition) is 0. The maximum absolute atomic E-state index is 12.4. The van der Waals surface area contributed by atoms with Gasteiger partial charge in [-0.3, -0.25) is 4.79 Å². The Bertz CT molecular complexity index is 476. The highest BCUT2D eigenvalue weighted by atomic mass is 32.2. The quantitative estimate of drug-likeness (QED) is 0.780. The lowest BCUT2D eigenvalue weighted by atomic mass is 10.1. The third-order valence-corrected chi connectivity index (χ3v) is 4.86. The Morgan fingerprint density at radius 2 is 2.05 bits per heavy atom. The predicted octanol–water partition coefficient (Wildman–Crippen LogP) is 3.24. The summed E-state index contributed by atoms with van der Waals surface area (Å²) in [6, 6.07) is 8.39. The third kappa shape index (κ3) is 4.67. The topological polar surface area (TPSA) is 23.6 Å². The number of thioether (sulfide) groups is 1. The van der Waals surface area contributed by atoms with Crippen LogP contribution in [0.3, 0.4) is 0 Å². The van der Waals surface area contributed by atoms with Crippen molar-refractivity contribution in [3.63, 3.8) is 0 Å². The van der Waals surface area contributed by atoms with E-state index in [2.05, 4.69) is 50.1 Å². The standard InChI is InChI=1S/C17H26N2OS/c1-14(2)8-11-21-13-17(20)19-10-9-18(3)16-7-5-4-6-15(16)12-19/h4-7,14H,8-13H2,1-3H3. The van der Waals surface area contributed by atoms with Gasteiger partial charge in [-0.2, -0.15) is 11.8 Å². The number of nitrogens with zero attached hydrogens (tertiary/aromatic N) is 2. The summed E-state index contributed by atoms with van der Waals surface area (Å²) in [5.41, 5.74) is 2.50. The molecule has 0 aliphatic carbocycles. The van der Waals surface area contributed by atoms with E-state index in [0.717, 1.165) is 25.4 Å². The van der Waals surface area contributed by atoms with E-state index < -0.39 is 0 Å². The van der Waals surface area contributed by atoms with Gasteiger partial charge in [0.05, 0.1) is 5.75 Å². The number of amides is 1. The molecule has 0 saturated heterocycles. The van der Waals surface area contributed by atoms with Gasteiger partial charge in [0, 0.05) is 32.4 Å². The van der Waals surface area contributed by atoms with Crippen molar-refractivity contribution in [1.82, 2.24) is 4.90 Å². The van der Waals surface area contributed by atoms with Gasteiger partial charge in [0.25, 0.3) is 0 Å². The van der Waals surface area contributed by atoms with Crippen molar-refractivity contribution in [2.75, 3.05) is 36.5 Å². The Morgan fingerprint density at radius 3 is 2.81 bits per heavy atom. The van der Waals surface area contributed by atoms with Crippen LogP contribution in [0.5, 0.6) is 0 Å². The van der Waals surface area contributed by atoms with Crippen LogP contribution in [0, 0.1) is 5.92 Å². The third-order valence-electron chi connectivity index (χ3n) is 3.89. The molecule has 0 aromatic heterocycles. The number of carbonyl (C=O) groups is 1. The molecule has 0 radical (unpaired) electrons. The number of benzene rings is 1. The lowest BCUT2D eigenvalue weighted by Gasteiger charge is -2.21. The van der Waals surface area contributed by atoms with Gasteiger partial charge in [-0.25, -0.2) is 0 Å². The van der Waals surface area contributed by atoms with Crippen molar-refractivity contribution >= 4 is 23.4 Å². The summed E-state index contributed by atoms with van der Waals surface area (Å²) in [5, 5.41) is 0. The summed E-state index contributed by atoms with van der Waals surface area (Å²) in [4.78, 5) is 16.6. The van der Waals surface area contributed by atoms with E-state index in [9.17, 15) is 4.79 Å². The first-order chi connectivity index (χ1) is 10.1. The zero-order valence-electron chi connectivity index (χ0n) is 13.3. The number of likely N-dealkylation sites (N-methyl/N-ethyl adjacent to an activating group) is 1. The molecule has 0 bridgehead atoms. The first-order valence-corrected chi connectivity index (χ1v) is 8.88. The van der Waals surface area contributed by atoms with Crippen molar-refractivity contribution in [3.05, 3.63) is 29.8 Å². The van der Waals surface area contributed by atoms with E-state index in [0.29, 0.717) is 11.7 Å². The Hall–Kier alpha value is -1.16. The Kier molecular flexibility index (Phi) is 5.97. The number of rotatable bonds is 5. The average Bonchev–Trinajstić information content (AvgIpc) is 2.63.